The third-order valence-electron chi connectivity index (χ3n) is 4.57. The van der Waals surface area contributed by atoms with Crippen molar-refractivity contribution in [2.24, 2.45) is 4.99 Å². The van der Waals surface area contributed by atoms with Crippen molar-refractivity contribution in [3.63, 3.8) is 0 Å². The lowest BCUT2D eigenvalue weighted by Crippen LogP contribution is -2.39. The minimum atomic E-state index is 0.500. The molecule has 0 aliphatic heterocycles. The summed E-state index contributed by atoms with van der Waals surface area (Å²) in [4.78, 5) is 8.40. The van der Waals surface area contributed by atoms with Gasteiger partial charge >= 0.3 is 0 Å². The van der Waals surface area contributed by atoms with E-state index in [4.69, 9.17) is 4.74 Å². The maximum Gasteiger partial charge on any atom is 0.190 e. The normalized spacial score (nSPS) is 16.2. The number of aryl methyl sites for hydroxylation is 1. The van der Waals surface area contributed by atoms with Gasteiger partial charge in [-0.15, -0.1) is 0 Å². The smallest absolute Gasteiger partial charge is 0.190 e. The van der Waals surface area contributed by atoms with Gasteiger partial charge in [-0.2, -0.15) is 0 Å². The van der Waals surface area contributed by atoms with Gasteiger partial charge in [-0.1, -0.05) is 19.3 Å². The molecule has 0 unspecified atom stereocenters. The number of aromatic nitrogens is 1. The number of guanidine groups is 1. The van der Waals surface area contributed by atoms with Gasteiger partial charge in [-0.05, 0) is 49.8 Å². The van der Waals surface area contributed by atoms with Crippen molar-refractivity contribution in [3.05, 3.63) is 29.6 Å². The zero-order valence-corrected chi connectivity index (χ0v) is 15.2. The number of rotatable bonds is 8. The van der Waals surface area contributed by atoms with Crippen LogP contribution in [0.25, 0.3) is 0 Å². The molecule has 0 spiro atoms. The second-order valence-electron chi connectivity index (χ2n) is 6.46. The van der Waals surface area contributed by atoms with Crippen molar-refractivity contribution in [1.29, 1.82) is 0 Å². The fourth-order valence-electron chi connectivity index (χ4n) is 3.08. The van der Waals surface area contributed by atoms with E-state index in [-0.39, 0.29) is 0 Å². The van der Waals surface area contributed by atoms with Gasteiger partial charge in [0.25, 0.3) is 0 Å². The van der Waals surface area contributed by atoms with Gasteiger partial charge in [0, 0.05) is 39.1 Å². The van der Waals surface area contributed by atoms with Crippen molar-refractivity contribution >= 4 is 5.96 Å². The van der Waals surface area contributed by atoms with Crippen LogP contribution in [-0.4, -0.2) is 43.8 Å². The number of hydrogen-bond acceptors (Lipinski definition) is 3. The number of nitrogens with zero attached hydrogens (tertiary/aromatic N) is 2. The molecule has 5 nitrogen and oxygen atoms in total. The quantitative estimate of drug-likeness (QED) is 0.437. The van der Waals surface area contributed by atoms with Gasteiger partial charge in [-0.25, -0.2) is 0 Å². The van der Waals surface area contributed by atoms with Crippen molar-refractivity contribution in [2.75, 3.05) is 26.7 Å². The first-order chi connectivity index (χ1) is 11.8. The monoisotopic (exact) mass is 332 g/mol. The predicted molar refractivity (Wildman–Crippen MR) is 99.5 cm³/mol. The molecule has 0 bridgehead atoms. The second-order valence-corrected chi connectivity index (χ2v) is 6.46. The molecular weight excluding hydrogens is 300 g/mol. The lowest BCUT2D eigenvalue weighted by Gasteiger charge is -2.22. The molecule has 2 rings (SSSR count). The summed E-state index contributed by atoms with van der Waals surface area (Å²) in [6, 6.07) is 2.08. The molecule has 2 N–H and O–H groups in total. The lowest BCUT2D eigenvalue weighted by molar-refractivity contribution is 0.0277. The Morgan fingerprint density at radius 2 is 2.04 bits per heavy atom. The second kappa shape index (κ2) is 11.0. The van der Waals surface area contributed by atoms with E-state index in [1.54, 1.807) is 0 Å². The molecular formula is C19H32N4O. The Balaban J connectivity index is 1.54. The molecule has 0 radical (unpaired) electrons. The molecule has 1 heterocycles. The van der Waals surface area contributed by atoms with E-state index in [2.05, 4.69) is 33.6 Å². The van der Waals surface area contributed by atoms with Crippen molar-refractivity contribution in [2.45, 2.75) is 58.0 Å². The molecule has 1 saturated carbocycles. The largest absolute Gasteiger partial charge is 0.378 e. The highest BCUT2D eigenvalue weighted by molar-refractivity contribution is 5.79. The Morgan fingerprint density at radius 1 is 1.25 bits per heavy atom. The van der Waals surface area contributed by atoms with Crippen LogP contribution >= 0.6 is 0 Å². The Bertz CT molecular complexity index is 498. The van der Waals surface area contributed by atoms with E-state index in [0.717, 1.165) is 38.5 Å². The van der Waals surface area contributed by atoms with Crippen LogP contribution in [0, 0.1) is 6.92 Å². The topological polar surface area (TPSA) is 58.5 Å². The summed E-state index contributed by atoms with van der Waals surface area (Å²) in [5.74, 6) is 0.861. The fourth-order valence-corrected chi connectivity index (χ4v) is 3.08. The zero-order chi connectivity index (χ0) is 17.0. The minimum Gasteiger partial charge on any atom is -0.378 e. The molecule has 0 atom stereocenters. The van der Waals surface area contributed by atoms with Gasteiger partial charge in [-0.3, -0.25) is 9.98 Å². The average Bonchev–Trinajstić information content (AvgIpc) is 2.62. The molecule has 1 aliphatic rings. The molecule has 134 valence electrons. The standard InChI is InChI=1S/C19H32N4O/c1-16-15-21-12-9-17(16)10-13-23-19(20-2)22-11-6-14-24-18-7-4-3-5-8-18/h9,12,15,18H,3-8,10-11,13-14H2,1-2H3,(H2,20,22,23). The Labute approximate surface area is 146 Å². The first-order valence-corrected chi connectivity index (χ1v) is 9.25. The summed E-state index contributed by atoms with van der Waals surface area (Å²) >= 11 is 0. The van der Waals surface area contributed by atoms with Gasteiger partial charge < -0.3 is 15.4 Å². The SMILES string of the molecule is CN=C(NCCCOC1CCCCC1)NCCc1ccncc1C. The molecule has 0 amide bonds. The molecule has 1 fully saturated rings. The summed E-state index contributed by atoms with van der Waals surface area (Å²) in [5.41, 5.74) is 2.57. The minimum absolute atomic E-state index is 0.500. The van der Waals surface area contributed by atoms with E-state index < -0.39 is 0 Å². The molecule has 0 saturated heterocycles. The summed E-state index contributed by atoms with van der Waals surface area (Å²) in [5, 5.41) is 6.72. The van der Waals surface area contributed by atoms with E-state index in [9.17, 15) is 0 Å². The maximum absolute atomic E-state index is 5.94. The van der Waals surface area contributed by atoms with Gasteiger partial charge in [0.05, 0.1) is 6.10 Å². The highest BCUT2D eigenvalue weighted by atomic mass is 16.5. The molecule has 5 heteroatoms. The van der Waals surface area contributed by atoms with Crippen molar-refractivity contribution in [1.82, 2.24) is 15.6 Å². The van der Waals surface area contributed by atoms with Crippen LogP contribution < -0.4 is 10.6 Å². The Morgan fingerprint density at radius 3 is 2.79 bits per heavy atom. The number of ether oxygens (including phenoxy) is 1. The van der Waals surface area contributed by atoms with Crippen LogP contribution in [0.5, 0.6) is 0 Å². The molecule has 1 aromatic heterocycles. The first-order valence-electron chi connectivity index (χ1n) is 9.25. The average molecular weight is 332 g/mol. The van der Waals surface area contributed by atoms with Crippen LogP contribution in [0.15, 0.2) is 23.5 Å². The Kier molecular flexibility index (Phi) is 8.60. The predicted octanol–water partition coefficient (Wildman–Crippen LogP) is 2.84. The van der Waals surface area contributed by atoms with E-state index in [1.165, 1.54) is 43.2 Å². The van der Waals surface area contributed by atoms with Crippen LogP contribution in [0.2, 0.25) is 0 Å². The van der Waals surface area contributed by atoms with E-state index in [1.807, 2.05) is 19.4 Å². The number of aliphatic imine (C=N–C) groups is 1. The van der Waals surface area contributed by atoms with Crippen LogP contribution in [0.1, 0.15) is 49.7 Å². The van der Waals surface area contributed by atoms with Gasteiger partial charge in [0.1, 0.15) is 0 Å². The number of pyridine rings is 1. The van der Waals surface area contributed by atoms with Crippen LogP contribution in [0.3, 0.4) is 0 Å². The van der Waals surface area contributed by atoms with Gasteiger partial charge in [0.15, 0.2) is 5.96 Å². The maximum atomic E-state index is 5.94. The van der Waals surface area contributed by atoms with Crippen molar-refractivity contribution in [3.8, 4) is 0 Å². The molecule has 0 aromatic carbocycles. The van der Waals surface area contributed by atoms with E-state index in [0.29, 0.717) is 6.10 Å². The summed E-state index contributed by atoms with van der Waals surface area (Å²) in [6.45, 7) is 4.69. The summed E-state index contributed by atoms with van der Waals surface area (Å²) in [6.07, 6.45) is 12.8. The van der Waals surface area contributed by atoms with Gasteiger partial charge in [0.2, 0.25) is 0 Å². The van der Waals surface area contributed by atoms with Crippen LogP contribution in [0.4, 0.5) is 0 Å². The molecule has 1 aromatic rings. The molecule has 1 aliphatic carbocycles. The molecule has 24 heavy (non-hydrogen) atoms. The first kappa shape index (κ1) is 18.7. The highest BCUT2D eigenvalue weighted by Gasteiger charge is 2.12. The van der Waals surface area contributed by atoms with Crippen LogP contribution in [-0.2, 0) is 11.2 Å². The van der Waals surface area contributed by atoms with E-state index >= 15 is 0 Å². The lowest BCUT2D eigenvalue weighted by atomic mass is 9.98. The Hall–Kier alpha value is -1.62. The third kappa shape index (κ3) is 6.87. The fraction of sp³-hybridized carbons (Fsp3) is 0.684. The highest BCUT2D eigenvalue weighted by Crippen LogP contribution is 2.20. The number of hydrogen-bond donors (Lipinski definition) is 2. The number of nitrogens with one attached hydrogen (secondary N) is 2. The summed E-state index contributed by atoms with van der Waals surface area (Å²) < 4.78 is 5.94. The summed E-state index contributed by atoms with van der Waals surface area (Å²) in [7, 11) is 1.81. The van der Waals surface area contributed by atoms with Crippen molar-refractivity contribution < 1.29 is 4.74 Å². The zero-order valence-electron chi connectivity index (χ0n) is 15.2. The third-order valence-corrected chi connectivity index (χ3v) is 4.57.